The maximum absolute atomic E-state index is 12.9. The molecule has 0 radical (unpaired) electrons. The van der Waals surface area contributed by atoms with Crippen molar-refractivity contribution in [2.75, 3.05) is 14.2 Å². The van der Waals surface area contributed by atoms with Crippen molar-refractivity contribution in [1.29, 1.82) is 0 Å². The van der Waals surface area contributed by atoms with Crippen LogP contribution in [-0.4, -0.2) is 25.2 Å². The maximum Gasteiger partial charge on any atom is 0.422 e. The van der Waals surface area contributed by atoms with E-state index in [1.165, 1.54) is 0 Å². The summed E-state index contributed by atoms with van der Waals surface area (Å²) in [7, 11) is 1.63. The molecule has 0 atom stereocenters. The minimum atomic E-state index is -5.09. The van der Waals surface area contributed by atoms with Crippen LogP contribution < -0.4 is 4.74 Å². The molecule has 19 heavy (non-hydrogen) atoms. The van der Waals surface area contributed by atoms with E-state index < -0.39 is 41.1 Å². The molecule has 0 amide bonds. The topological polar surface area (TPSA) is 48.4 Å². The number of pyridine rings is 1. The summed E-state index contributed by atoms with van der Waals surface area (Å²) in [6.07, 6.45) is -7.87. The molecule has 1 heterocycles. The first kappa shape index (κ1) is 15.1. The highest BCUT2D eigenvalue weighted by Gasteiger charge is 2.42. The van der Waals surface area contributed by atoms with Gasteiger partial charge in [-0.3, -0.25) is 0 Å². The summed E-state index contributed by atoms with van der Waals surface area (Å²) in [6, 6.07) is 0. The average Bonchev–Trinajstić information content (AvgIpc) is 2.34. The van der Waals surface area contributed by atoms with E-state index >= 15 is 0 Å². The molecule has 0 bridgehead atoms. The van der Waals surface area contributed by atoms with E-state index in [0.29, 0.717) is 6.20 Å². The molecule has 0 saturated carbocycles. The Bertz CT molecular complexity index is 487. The summed E-state index contributed by atoms with van der Waals surface area (Å²) in [5, 5.41) is 0. The number of ether oxygens (including phenoxy) is 2. The molecule has 0 spiro atoms. The zero-order chi connectivity index (χ0) is 14.8. The van der Waals surface area contributed by atoms with Gasteiger partial charge in [-0.05, 0) is 0 Å². The summed E-state index contributed by atoms with van der Waals surface area (Å²) in [5.41, 5.74) is -3.86. The van der Waals surface area contributed by atoms with Crippen LogP contribution in [0.15, 0.2) is 6.20 Å². The molecule has 1 rings (SSSR count). The molecule has 0 unspecified atom stereocenters. The number of rotatable bonds is 3. The molecular weight excluding hydrogens is 277 g/mol. The Hall–Kier alpha value is -1.93. The number of hydrogen-bond donors (Lipinski definition) is 0. The van der Waals surface area contributed by atoms with Crippen LogP contribution in [0, 0.1) is 0 Å². The zero-order valence-electron chi connectivity index (χ0n) is 9.72. The molecule has 0 saturated heterocycles. The number of esters is 1. The predicted octanol–water partition coefficient (Wildman–Crippen LogP) is 2.83. The highest BCUT2D eigenvalue weighted by Crippen LogP contribution is 2.42. The lowest BCUT2D eigenvalue weighted by Gasteiger charge is -2.17. The minimum Gasteiger partial charge on any atom is -0.495 e. The molecule has 0 aromatic carbocycles. The molecule has 106 valence electrons. The fraction of sp³-hybridized carbons (Fsp3) is 0.400. The smallest absolute Gasteiger partial charge is 0.422 e. The lowest BCUT2D eigenvalue weighted by atomic mass is 10.1. The normalized spacial score (nSPS) is 11.6. The second-order valence-electron chi connectivity index (χ2n) is 3.26. The Kier molecular flexibility index (Phi) is 4.28. The minimum absolute atomic E-state index is 0.449. The highest BCUT2D eigenvalue weighted by molar-refractivity contribution is 5.90. The van der Waals surface area contributed by atoms with E-state index in [0.717, 1.165) is 14.2 Å². The first-order valence-corrected chi connectivity index (χ1v) is 4.74. The number of alkyl halides is 5. The number of halogens is 5. The van der Waals surface area contributed by atoms with Gasteiger partial charge in [-0.2, -0.15) is 13.2 Å². The van der Waals surface area contributed by atoms with Crippen LogP contribution in [0.25, 0.3) is 0 Å². The number of methoxy groups -OCH3 is 2. The van der Waals surface area contributed by atoms with Gasteiger partial charge in [0.2, 0.25) is 0 Å². The van der Waals surface area contributed by atoms with Crippen molar-refractivity contribution < 1.29 is 36.2 Å². The average molecular weight is 285 g/mol. The number of aromatic nitrogens is 1. The van der Waals surface area contributed by atoms with E-state index in [-0.39, 0.29) is 0 Å². The zero-order valence-corrected chi connectivity index (χ0v) is 9.72. The van der Waals surface area contributed by atoms with Crippen LogP contribution in [-0.2, 0) is 10.9 Å². The molecule has 1 aromatic heterocycles. The Balaban J connectivity index is 3.66. The van der Waals surface area contributed by atoms with Crippen LogP contribution in [0.3, 0.4) is 0 Å². The second kappa shape index (κ2) is 5.37. The van der Waals surface area contributed by atoms with E-state index in [1.807, 2.05) is 0 Å². The summed E-state index contributed by atoms with van der Waals surface area (Å²) in [5.74, 6) is -2.54. The van der Waals surface area contributed by atoms with Gasteiger partial charge in [0.1, 0.15) is 11.3 Å². The van der Waals surface area contributed by atoms with Crippen LogP contribution in [0.4, 0.5) is 22.0 Å². The van der Waals surface area contributed by atoms with Gasteiger partial charge in [0, 0.05) is 6.20 Å². The van der Waals surface area contributed by atoms with Crippen molar-refractivity contribution in [1.82, 2.24) is 4.98 Å². The molecule has 9 heteroatoms. The fourth-order valence-electron chi connectivity index (χ4n) is 1.40. The predicted molar refractivity (Wildman–Crippen MR) is 52.1 cm³/mol. The quantitative estimate of drug-likeness (QED) is 0.633. The van der Waals surface area contributed by atoms with Gasteiger partial charge in [0.25, 0.3) is 6.43 Å². The second-order valence-corrected chi connectivity index (χ2v) is 3.26. The van der Waals surface area contributed by atoms with Crippen molar-refractivity contribution in [3.8, 4) is 5.75 Å². The number of carbonyl (C=O) groups excluding carboxylic acids is 1. The van der Waals surface area contributed by atoms with Crippen molar-refractivity contribution in [3.05, 3.63) is 23.0 Å². The lowest BCUT2D eigenvalue weighted by molar-refractivity contribution is -0.139. The summed E-state index contributed by atoms with van der Waals surface area (Å²) in [6.45, 7) is 0. The van der Waals surface area contributed by atoms with Crippen molar-refractivity contribution >= 4 is 5.97 Å². The van der Waals surface area contributed by atoms with Crippen molar-refractivity contribution in [3.63, 3.8) is 0 Å². The number of hydrogen-bond acceptors (Lipinski definition) is 4. The maximum atomic E-state index is 12.9. The molecule has 0 aliphatic carbocycles. The van der Waals surface area contributed by atoms with E-state index in [9.17, 15) is 26.7 Å². The monoisotopic (exact) mass is 285 g/mol. The third kappa shape index (κ3) is 2.91. The fourth-order valence-corrected chi connectivity index (χ4v) is 1.40. The third-order valence-electron chi connectivity index (χ3n) is 2.16. The molecular formula is C10H8F5NO3. The van der Waals surface area contributed by atoms with Crippen LogP contribution in [0.2, 0.25) is 0 Å². The van der Waals surface area contributed by atoms with Crippen molar-refractivity contribution in [2.24, 2.45) is 0 Å². The van der Waals surface area contributed by atoms with E-state index in [2.05, 4.69) is 14.5 Å². The van der Waals surface area contributed by atoms with Gasteiger partial charge in [-0.15, -0.1) is 0 Å². The number of carbonyl (C=O) groups is 1. The van der Waals surface area contributed by atoms with Crippen molar-refractivity contribution in [2.45, 2.75) is 12.6 Å². The van der Waals surface area contributed by atoms with Crippen LogP contribution in [0.5, 0.6) is 5.75 Å². The van der Waals surface area contributed by atoms with Gasteiger partial charge in [-0.1, -0.05) is 0 Å². The summed E-state index contributed by atoms with van der Waals surface area (Å²) < 4.78 is 72.3. The Labute approximate surface area is 104 Å². The Morgan fingerprint density at radius 2 is 1.89 bits per heavy atom. The molecule has 0 aliphatic heterocycles. The highest BCUT2D eigenvalue weighted by atomic mass is 19.4. The first-order chi connectivity index (χ1) is 8.73. The molecule has 0 N–H and O–H groups in total. The van der Waals surface area contributed by atoms with Gasteiger partial charge < -0.3 is 9.47 Å². The lowest BCUT2D eigenvalue weighted by Crippen LogP contribution is -2.19. The van der Waals surface area contributed by atoms with Crippen LogP contribution in [0.1, 0.15) is 28.0 Å². The molecule has 0 aliphatic rings. The SMILES string of the molecule is COC(=O)c1ncc(C(F)F)c(OC)c1C(F)(F)F. The van der Waals surface area contributed by atoms with Crippen LogP contribution >= 0.6 is 0 Å². The van der Waals surface area contributed by atoms with Gasteiger partial charge in [-0.25, -0.2) is 18.6 Å². The summed E-state index contributed by atoms with van der Waals surface area (Å²) >= 11 is 0. The third-order valence-corrected chi connectivity index (χ3v) is 2.16. The first-order valence-electron chi connectivity index (χ1n) is 4.74. The number of nitrogens with zero attached hydrogens (tertiary/aromatic N) is 1. The van der Waals surface area contributed by atoms with Gasteiger partial charge in [0.05, 0.1) is 19.8 Å². The molecule has 1 aromatic rings. The standard InChI is InChI=1S/C10H8F5NO3/c1-18-7-4(8(11)12)3-16-6(9(17)19-2)5(7)10(13,14)15/h3,8H,1-2H3. The van der Waals surface area contributed by atoms with E-state index in [4.69, 9.17) is 0 Å². The summed E-state index contributed by atoms with van der Waals surface area (Å²) in [4.78, 5) is 14.3. The largest absolute Gasteiger partial charge is 0.495 e. The Morgan fingerprint density at radius 1 is 1.32 bits per heavy atom. The van der Waals surface area contributed by atoms with Gasteiger partial charge in [0.15, 0.2) is 5.69 Å². The molecule has 4 nitrogen and oxygen atoms in total. The molecule has 0 fully saturated rings. The van der Waals surface area contributed by atoms with E-state index in [1.54, 1.807) is 0 Å². The van der Waals surface area contributed by atoms with Gasteiger partial charge >= 0.3 is 12.1 Å². The Morgan fingerprint density at radius 3 is 2.26 bits per heavy atom.